The second-order valence-electron chi connectivity index (χ2n) is 9.34. The molecule has 34 heavy (non-hydrogen) atoms. The van der Waals surface area contributed by atoms with Gasteiger partial charge in [-0.2, -0.15) is 5.10 Å². The number of hydrogen-bond acceptors (Lipinski definition) is 6. The van der Waals surface area contributed by atoms with Gasteiger partial charge in [0, 0.05) is 41.3 Å². The lowest BCUT2D eigenvalue weighted by Crippen LogP contribution is -2.35. The van der Waals surface area contributed by atoms with Crippen molar-refractivity contribution in [2.45, 2.75) is 38.8 Å². The summed E-state index contributed by atoms with van der Waals surface area (Å²) in [5.41, 5.74) is 7.39. The maximum absolute atomic E-state index is 14.7. The molecule has 1 atom stereocenters. The number of nitrogens with zero attached hydrogens (tertiary/aromatic N) is 6. The van der Waals surface area contributed by atoms with E-state index in [1.807, 2.05) is 31.5 Å². The summed E-state index contributed by atoms with van der Waals surface area (Å²) in [6.07, 6.45) is 3.35. The van der Waals surface area contributed by atoms with E-state index in [-0.39, 0.29) is 27.5 Å². The summed E-state index contributed by atoms with van der Waals surface area (Å²) in [4.78, 5) is 22.8. The Balaban J connectivity index is 1.64. The molecule has 2 N–H and O–H groups in total. The number of rotatable bonds is 2. The van der Waals surface area contributed by atoms with Gasteiger partial charge in [-0.05, 0) is 55.3 Å². The number of amides is 1. The van der Waals surface area contributed by atoms with Gasteiger partial charge in [-0.1, -0.05) is 0 Å². The Morgan fingerprint density at radius 3 is 2.85 bits per heavy atom. The second-order valence-corrected chi connectivity index (χ2v) is 10.2. The van der Waals surface area contributed by atoms with E-state index in [4.69, 9.17) is 14.6 Å². The molecule has 3 aromatic heterocycles. The van der Waals surface area contributed by atoms with E-state index < -0.39 is 24.5 Å². The van der Waals surface area contributed by atoms with Crippen LogP contribution in [-0.2, 0) is 11.7 Å². The van der Waals surface area contributed by atoms with Crippen molar-refractivity contribution in [3.8, 4) is 11.3 Å². The molecule has 1 saturated heterocycles. The number of halogens is 2. The number of fused-ring (bicyclic) bond motifs is 2. The molecule has 1 unspecified atom stereocenters. The number of aromatic nitrogens is 5. The number of carbonyl (C=O) groups is 1. The number of anilines is 1. The van der Waals surface area contributed by atoms with Gasteiger partial charge in [0.1, 0.15) is 28.1 Å². The normalized spacial score (nSPS) is 18.3. The van der Waals surface area contributed by atoms with Crippen LogP contribution in [-0.4, -0.2) is 54.0 Å². The minimum Gasteiger partial charge on any atom is -0.444 e. The van der Waals surface area contributed by atoms with Crippen molar-refractivity contribution < 1.29 is 18.0 Å². The highest BCUT2D eigenvalue weighted by Gasteiger charge is 2.32. The number of carbonyl (C=O) groups excluding carboxylic acids is 1. The summed E-state index contributed by atoms with van der Waals surface area (Å²) in [6, 6.07) is 2.91. The van der Waals surface area contributed by atoms with Gasteiger partial charge in [0.15, 0.2) is 0 Å². The predicted octanol–water partition coefficient (Wildman–Crippen LogP) is 4.65. The minimum atomic E-state index is -2.51. The lowest BCUT2D eigenvalue weighted by molar-refractivity contribution is 0.0289. The lowest BCUT2D eigenvalue weighted by atomic mass is 10.1. The molecule has 0 radical (unpaired) electrons. The molecule has 178 valence electrons. The van der Waals surface area contributed by atoms with Crippen molar-refractivity contribution in [1.29, 1.82) is 0 Å². The first-order valence-electron chi connectivity index (χ1n) is 12.2. The zero-order valence-electron chi connectivity index (χ0n) is 21.8. The van der Waals surface area contributed by atoms with Gasteiger partial charge in [0.2, 0.25) is 5.95 Å². The van der Waals surface area contributed by atoms with E-state index in [0.717, 1.165) is 4.68 Å². The Hall–Kier alpha value is -3.21. The van der Waals surface area contributed by atoms with Gasteiger partial charge in [0.25, 0.3) is 0 Å². The van der Waals surface area contributed by atoms with E-state index in [2.05, 4.69) is 31.0 Å². The van der Waals surface area contributed by atoms with Crippen LogP contribution in [0.4, 0.5) is 15.1 Å². The summed E-state index contributed by atoms with van der Waals surface area (Å²) in [5, 5.41) is 4.89. The first-order chi connectivity index (χ1) is 17.2. The Labute approximate surface area is 208 Å². The Morgan fingerprint density at radius 1 is 1.32 bits per heavy atom. The lowest BCUT2D eigenvalue weighted by Gasteiger charge is -2.24. The summed E-state index contributed by atoms with van der Waals surface area (Å²) < 4.78 is 46.3. The first-order valence-corrected chi connectivity index (χ1v) is 11.5. The molecule has 11 heteroatoms. The SMILES string of the molecule is [2H]C([2H])([2H])n1cc2nc(N)nc(-c3cn(C4CCN(C(=O)OC(C)(C)C)C4)c4cc(F)c(Br)cc34)c2n1. The number of ether oxygens (including phenoxy) is 1. The maximum atomic E-state index is 14.7. The topological polar surface area (TPSA) is 104 Å². The highest BCUT2D eigenvalue weighted by atomic mass is 79.9. The Kier molecular flexibility index (Phi) is 4.46. The van der Waals surface area contributed by atoms with E-state index in [0.29, 0.717) is 41.7 Å². The zero-order chi connectivity index (χ0) is 26.9. The quantitative estimate of drug-likeness (QED) is 0.402. The molecule has 0 spiro atoms. The zero-order valence-corrected chi connectivity index (χ0v) is 20.4. The van der Waals surface area contributed by atoms with E-state index in [9.17, 15) is 9.18 Å². The standard InChI is InChI=1S/C23H25BrFN7O2/c1-23(2,3)34-22(33)31-6-5-12(9-31)32-10-14(13-7-15(24)16(25)8-18(13)32)19-20-17(11-30(4)29-20)27-21(26)28-19/h7-8,10-12H,5-6,9H2,1-4H3,(H2,26,27)/i4D3. The number of nitrogen functional groups attached to an aromatic ring is 1. The van der Waals surface area contributed by atoms with Crippen molar-refractivity contribution in [2.24, 2.45) is 6.98 Å². The largest absolute Gasteiger partial charge is 0.444 e. The van der Waals surface area contributed by atoms with Crippen molar-refractivity contribution in [1.82, 2.24) is 29.2 Å². The molecule has 0 saturated carbocycles. The average Bonchev–Trinajstić information content (AvgIpc) is 3.49. The van der Waals surface area contributed by atoms with Gasteiger partial charge in [-0.15, -0.1) is 0 Å². The summed E-state index contributed by atoms with van der Waals surface area (Å²) in [6.45, 7) is 3.79. The van der Waals surface area contributed by atoms with Gasteiger partial charge in [-0.3, -0.25) is 4.68 Å². The van der Waals surface area contributed by atoms with Crippen LogP contribution in [0.3, 0.4) is 0 Å². The molecule has 1 aliphatic heterocycles. The molecule has 4 aromatic rings. The number of benzene rings is 1. The van der Waals surface area contributed by atoms with Crippen molar-refractivity contribution in [3.05, 3.63) is 34.8 Å². The molecular formula is C23H25BrFN7O2. The van der Waals surface area contributed by atoms with Crippen molar-refractivity contribution >= 4 is 49.9 Å². The van der Waals surface area contributed by atoms with Gasteiger partial charge < -0.3 is 19.9 Å². The average molecular weight is 533 g/mol. The highest BCUT2D eigenvalue weighted by Crippen LogP contribution is 2.39. The third-order valence-corrected chi connectivity index (χ3v) is 6.33. The highest BCUT2D eigenvalue weighted by molar-refractivity contribution is 9.10. The van der Waals surface area contributed by atoms with Crippen LogP contribution in [0, 0.1) is 5.82 Å². The van der Waals surface area contributed by atoms with E-state index in [1.54, 1.807) is 11.0 Å². The first kappa shape index (κ1) is 19.1. The fourth-order valence-corrected chi connectivity index (χ4v) is 4.66. The van der Waals surface area contributed by atoms with Crippen LogP contribution < -0.4 is 5.73 Å². The fourth-order valence-electron chi connectivity index (χ4n) is 4.31. The minimum absolute atomic E-state index is 0.0494. The summed E-state index contributed by atoms with van der Waals surface area (Å²) >= 11 is 3.26. The molecule has 4 heterocycles. The predicted molar refractivity (Wildman–Crippen MR) is 131 cm³/mol. The molecule has 1 aliphatic rings. The number of aryl methyl sites for hydroxylation is 1. The van der Waals surface area contributed by atoms with E-state index in [1.165, 1.54) is 12.3 Å². The Bertz CT molecular complexity index is 1540. The molecule has 5 rings (SSSR count). The monoisotopic (exact) mass is 532 g/mol. The maximum Gasteiger partial charge on any atom is 0.410 e. The third kappa shape index (κ3) is 3.97. The second kappa shape index (κ2) is 7.93. The van der Waals surface area contributed by atoms with Crippen LogP contribution in [0.1, 0.15) is 37.3 Å². The van der Waals surface area contributed by atoms with Crippen LogP contribution in [0.15, 0.2) is 29.0 Å². The van der Waals surface area contributed by atoms with Crippen LogP contribution in [0.2, 0.25) is 0 Å². The van der Waals surface area contributed by atoms with Crippen LogP contribution >= 0.6 is 15.9 Å². The number of nitrogens with two attached hydrogens (primary N) is 1. The smallest absolute Gasteiger partial charge is 0.410 e. The van der Waals surface area contributed by atoms with Crippen molar-refractivity contribution in [3.63, 3.8) is 0 Å². The fraction of sp³-hybridized carbons (Fsp3) is 0.391. The summed E-state index contributed by atoms with van der Waals surface area (Å²) in [7, 11) is 0. The Morgan fingerprint density at radius 2 is 2.12 bits per heavy atom. The van der Waals surface area contributed by atoms with Crippen LogP contribution in [0.5, 0.6) is 0 Å². The van der Waals surface area contributed by atoms with E-state index >= 15 is 0 Å². The molecule has 1 aromatic carbocycles. The third-order valence-electron chi connectivity index (χ3n) is 5.72. The van der Waals surface area contributed by atoms with Crippen molar-refractivity contribution in [2.75, 3.05) is 18.8 Å². The number of likely N-dealkylation sites (tertiary alicyclic amines) is 1. The molecule has 0 bridgehead atoms. The van der Waals surface area contributed by atoms with Gasteiger partial charge in [0.05, 0.1) is 22.2 Å². The molecule has 0 aliphatic carbocycles. The summed E-state index contributed by atoms with van der Waals surface area (Å²) in [5.74, 6) is -0.494. The molecule has 1 amide bonds. The van der Waals surface area contributed by atoms with Gasteiger partial charge >= 0.3 is 6.09 Å². The molecular weight excluding hydrogens is 505 g/mol. The molecule has 9 nitrogen and oxygen atoms in total. The van der Waals surface area contributed by atoms with Gasteiger partial charge in [-0.25, -0.2) is 19.2 Å². The van der Waals surface area contributed by atoms with Crippen LogP contribution in [0.25, 0.3) is 33.2 Å². The molecule has 1 fully saturated rings. The number of hydrogen-bond donors (Lipinski definition) is 1.